The minimum absolute atomic E-state index is 0.0860. The average molecular weight is 275 g/mol. The molecular weight excluding hydrogens is 266 g/mol. The van der Waals surface area contributed by atoms with Crippen molar-refractivity contribution in [3.05, 3.63) is 46.3 Å². The number of fused-ring (bicyclic) bond motifs is 1. The largest absolute Gasteiger partial charge is 0.480 e. The number of hydrogen-bond acceptors (Lipinski definition) is 5. The first-order valence-electron chi connectivity index (χ1n) is 5.53. The van der Waals surface area contributed by atoms with Crippen molar-refractivity contribution in [3.8, 4) is 0 Å². The molecule has 8 heteroatoms. The number of aliphatic carboxylic acids is 1. The number of aromatic nitrogens is 1. The Labute approximate surface area is 112 Å². The number of benzene rings is 1. The Morgan fingerprint density at radius 2 is 2.10 bits per heavy atom. The number of nitro benzene ring substituents is 1. The van der Waals surface area contributed by atoms with Gasteiger partial charge in [-0.3, -0.25) is 24.7 Å². The third-order valence-corrected chi connectivity index (χ3v) is 2.58. The maximum atomic E-state index is 11.9. The van der Waals surface area contributed by atoms with E-state index < -0.39 is 23.3 Å². The van der Waals surface area contributed by atoms with E-state index in [2.05, 4.69) is 10.3 Å². The maximum absolute atomic E-state index is 11.9. The molecule has 0 saturated heterocycles. The lowest BCUT2D eigenvalue weighted by atomic mass is 10.1. The monoisotopic (exact) mass is 275 g/mol. The second-order valence-electron chi connectivity index (χ2n) is 3.87. The molecule has 2 aromatic rings. The average Bonchev–Trinajstić information content (AvgIpc) is 2.43. The molecule has 0 bridgehead atoms. The van der Waals surface area contributed by atoms with E-state index in [1.54, 1.807) is 6.07 Å². The van der Waals surface area contributed by atoms with E-state index in [0.717, 1.165) is 0 Å². The van der Waals surface area contributed by atoms with Crippen molar-refractivity contribution in [2.45, 2.75) is 0 Å². The van der Waals surface area contributed by atoms with Crippen LogP contribution in [-0.2, 0) is 4.79 Å². The lowest BCUT2D eigenvalue weighted by Crippen LogP contribution is -2.30. The number of pyridine rings is 1. The zero-order valence-electron chi connectivity index (χ0n) is 10.1. The van der Waals surface area contributed by atoms with E-state index in [-0.39, 0.29) is 16.8 Å². The number of hydrogen-bond donors (Lipinski definition) is 2. The molecule has 0 atom stereocenters. The Kier molecular flexibility index (Phi) is 3.56. The van der Waals surface area contributed by atoms with Crippen LogP contribution in [0.4, 0.5) is 5.69 Å². The van der Waals surface area contributed by atoms with E-state index >= 15 is 0 Å². The molecule has 0 radical (unpaired) electrons. The third-order valence-electron chi connectivity index (χ3n) is 2.58. The number of non-ortho nitro benzene ring substituents is 1. The third kappa shape index (κ3) is 2.53. The number of nitrogens with zero attached hydrogens (tertiary/aromatic N) is 2. The normalized spacial score (nSPS) is 10.2. The molecule has 8 nitrogen and oxygen atoms in total. The van der Waals surface area contributed by atoms with Gasteiger partial charge in [0.15, 0.2) is 0 Å². The van der Waals surface area contributed by atoms with Crippen LogP contribution in [-0.4, -0.2) is 33.4 Å². The number of carboxylic acid groups (broad SMARTS) is 1. The summed E-state index contributed by atoms with van der Waals surface area (Å²) in [7, 11) is 0. The molecule has 102 valence electrons. The van der Waals surface area contributed by atoms with Crippen LogP contribution in [0.25, 0.3) is 10.8 Å². The topological polar surface area (TPSA) is 122 Å². The number of rotatable bonds is 4. The minimum atomic E-state index is -1.21. The lowest BCUT2D eigenvalue weighted by molar-refractivity contribution is -0.383. The van der Waals surface area contributed by atoms with Gasteiger partial charge in [0.1, 0.15) is 12.2 Å². The standard InChI is InChI=1S/C12H9N3O5/c16-9(17)6-14-12(18)11-10-7(4-5-13-11)2-1-3-8(10)15(19)20/h1-5H,6H2,(H,14,18)(H,16,17). The van der Waals surface area contributed by atoms with Gasteiger partial charge in [-0.1, -0.05) is 12.1 Å². The van der Waals surface area contributed by atoms with E-state index in [9.17, 15) is 19.7 Å². The fourth-order valence-electron chi connectivity index (χ4n) is 1.77. The zero-order valence-corrected chi connectivity index (χ0v) is 10.1. The number of carbonyl (C=O) groups is 2. The second kappa shape index (κ2) is 5.31. The van der Waals surface area contributed by atoms with Crippen molar-refractivity contribution in [1.29, 1.82) is 0 Å². The fourth-order valence-corrected chi connectivity index (χ4v) is 1.77. The zero-order chi connectivity index (χ0) is 14.7. The first-order valence-corrected chi connectivity index (χ1v) is 5.53. The predicted molar refractivity (Wildman–Crippen MR) is 68.4 cm³/mol. The number of nitro groups is 1. The fraction of sp³-hybridized carbons (Fsp3) is 0.0833. The molecule has 2 N–H and O–H groups in total. The van der Waals surface area contributed by atoms with Gasteiger partial charge in [-0.05, 0) is 11.5 Å². The van der Waals surface area contributed by atoms with Gasteiger partial charge in [-0.15, -0.1) is 0 Å². The molecule has 0 unspecified atom stereocenters. The van der Waals surface area contributed by atoms with Crippen molar-refractivity contribution in [1.82, 2.24) is 10.3 Å². The number of amides is 1. The Morgan fingerprint density at radius 3 is 2.75 bits per heavy atom. The highest BCUT2D eigenvalue weighted by atomic mass is 16.6. The number of carbonyl (C=O) groups excluding carboxylic acids is 1. The summed E-state index contributed by atoms with van der Waals surface area (Å²) >= 11 is 0. The predicted octanol–water partition coefficient (Wildman–Crippen LogP) is 0.957. The van der Waals surface area contributed by atoms with Gasteiger partial charge in [0, 0.05) is 12.3 Å². The molecule has 0 aliphatic heterocycles. The van der Waals surface area contributed by atoms with Crippen LogP contribution in [0.15, 0.2) is 30.5 Å². The molecule has 0 fully saturated rings. The van der Waals surface area contributed by atoms with Gasteiger partial charge in [-0.25, -0.2) is 0 Å². The summed E-state index contributed by atoms with van der Waals surface area (Å²) in [6.07, 6.45) is 1.34. The Morgan fingerprint density at radius 1 is 1.35 bits per heavy atom. The quantitative estimate of drug-likeness (QED) is 0.632. The molecular formula is C12H9N3O5. The Hall–Kier alpha value is -3.03. The molecule has 0 spiro atoms. The van der Waals surface area contributed by atoms with Gasteiger partial charge < -0.3 is 10.4 Å². The minimum Gasteiger partial charge on any atom is -0.480 e. The van der Waals surface area contributed by atoms with Crippen molar-refractivity contribution in [2.24, 2.45) is 0 Å². The van der Waals surface area contributed by atoms with E-state index in [4.69, 9.17) is 5.11 Å². The summed E-state index contributed by atoms with van der Waals surface area (Å²) in [4.78, 5) is 36.5. The van der Waals surface area contributed by atoms with Gasteiger partial charge in [0.05, 0.1) is 10.3 Å². The summed E-state index contributed by atoms with van der Waals surface area (Å²) in [5.74, 6) is -1.99. The molecule has 1 amide bonds. The summed E-state index contributed by atoms with van der Waals surface area (Å²) in [6.45, 7) is -0.586. The van der Waals surface area contributed by atoms with Gasteiger partial charge in [-0.2, -0.15) is 0 Å². The lowest BCUT2D eigenvalue weighted by Gasteiger charge is -2.06. The van der Waals surface area contributed by atoms with Crippen molar-refractivity contribution in [2.75, 3.05) is 6.54 Å². The van der Waals surface area contributed by atoms with E-state index in [1.165, 1.54) is 24.4 Å². The first-order chi connectivity index (χ1) is 9.50. The SMILES string of the molecule is O=C(O)CNC(=O)c1nccc2cccc([N+](=O)[O-])c12. The van der Waals surface area contributed by atoms with Gasteiger partial charge >= 0.3 is 5.97 Å². The summed E-state index contributed by atoms with van der Waals surface area (Å²) < 4.78 is 0. The second-order valence-corrected chi connectivity index (χ2v) is 3.87. The smallest absolute Gasteiger partial charge is 0.322 e. The molecule has 0 saturated carbocycles. The molecule has 1 aromatic heterocycles. The summed E-state index contributed by atoms with van der Waals surface area (Å²) in [6, 6.07) is 5.91. The van der Waals surface area contributed by atoms with Crippen LogP contribution in [0.5, 0.6) is 0 Å². The van der Waals surface area contributed by atoms with Crippen LogP contribution in [0.1, 0.15) is 10.5 Å². The van der Waals surface area contributed by atoms with Gasteiger partial charge in [0.25, 0.3) is 11.6 Å². The van der Waals surface area contributed by atoms with Crippen molar-refractivity contribution < 1.29 is 19.6 Å². The Balaban J connectivity index is 2.55. The van der Waals surface area contributed by atoms with Crippen LogP contribution in [0.3, 0.4) is 0 Å². The molecule has 2 rings (SSSR count). The number of nitrogens with one attached hydrogen (secondary N) is 1. The molecule has 1 heterocycles. The highest BCUT2D eigenvalue weighted by Gasteiger charge is 2.20. The van der Waals surface area contributed by atoms with Crippen molar-refractivity contribution >= 4 is 28.3 Å². The molecule has 20 heavy (non-hydrogen) atoms. The first kappa shape index (κ1) is 13.4. The maximum Gasteiger partial charge on any atom is 0.322 e. The summed E-state index contributed by atoms with van der Waals surface area (Å²) in [5, 5.41) is 22.2. The molecule has 0 aliphatic carbocycles. The number of carboxylic acids is 1. The van der Waals surface area contributed by atoms with Crippen LogP contribution in [0.2, 0.25) is 0 Å². The van der Waals surface area contributed by atoms with Crippen LogP contribution >= 0.6 is 0 Å². The van der Waals surface area contributed by atoms with E-state index in [1.807, 2.05) is 0 Å². The Bertz CT molecular complexity index is 708. The van der Waals surface area contributed by atoms with E-state index in [0.29, 0.717) is 5.39 Å². The van der Waals surface area contributed by atoms with Crippen LogP contribution < -0.4 is 5.32 Å². The molecule has 0 aliphatic rings. The highest BCUT2D eigenvalue weighted by molar-refractivity contribution is 6.09. The summed E-state index contributed by atoms with van der Waals surface area (Å²) in [5.41, 5.74) is -0.424. The highest BCUT2D eigenvalue weighted by Crippen LogP contribution is 2.27. The van der Waals surface area contributed by atoms with Crippen molar-refractivity contribution in [3.63, 3.8) is 0 Å². The van der Waals surface area contributed by atoms with Crippen LogP contribution in [0, 0.1) is 10.1 Å². The van der Waals surface area contributed by atoms with Gasteiger partial charge in [0.2, 0.25) is 0 Å². The molecule has 1 aromatic carbocycles.